The zero-order chi connectivity index (χ0) is 27.2. The number of carbonyl (C=O) groups is 1. The van der Waals surface area contributed by atoms with Gasteiger partial charge in [-0.25, -0.2) is 4.68 Å². The van der Waals surface area contributed by atoms with E-state index < -0.39 is 17.3 Å². The molecule has 194 valence electrons. The number of fused-ring (bicyclic) bond motifs is 1. The number of H-pyrrole nitrogens is 1. The predicted octanol–water partition coefficient (Wildman–Crippen LogP) is 6.39. The van der Waals surface area contributed by atoms with E-state index in [1.807, 2.05) is 6.07 Å². The molecule has 2 aromatic heterocycles. The topological polar surface area (TPSA) is 69.0 Å². The minimum absolute atomic E-state index is 0.0646. The van der Waals surface area contributed by atoms with Crippen LogP contribution in [0.25, 0.3) is 16.6 Å². The summed E-state index contributed by atoms with van der Waals surface area (Å²) in [4.78, 5) is 26.2. The molecule has 0 fully saturated rings. The predicted molar refractivity (Wildman–Crippen MR) is 139 cm³/mol. The zero-order valence-corrected chi connectivity index (χ0v) is 21.0. The molecule has 0 aliphatic heterocycles. The number of nitrogens with zero attached hydrogens (tertiary/aromatic N) is 2. The summed E-state index contributed by atoms with van der Waals surface area (Å²) in [7, 11) is 1.54. The van der Waals surface area contributed by atoms with Gasteiger partial charge in [0.05, 0.1) is 23.9 Å². The molecule has 0 aliphatic carbocycles. The molecule has 2 heterocycles. The van der Waals surface area contributed by atoms with Crippen LogP contribution in [0.15, 0.2) is 77.6 Å². The number of nitrogens with one attached hydrogen (secondary N) is 1. The number of benzene rings is 3. The van der Waals surface area contributed by atoms with Gasteiger partial charge in [-0.05, 0) is 73.2 Å². The van der Waals surface area contributed by atoms with Gasteiger partial charge in [0.2, 0.25) is 0 Å². The smallest absolute Gasteiger partial charge is 0.416 e. The molecule has 3 aromatic carbocycles. The number of aromatic amines is 1. The van der Waals surface area contributed by atoms with Gasteiger partial charge in [-0.3, -0.25) is 19.3 Å². The highest BCUT2D eigenvalue weighted by Crippen LogP contribution is 2.32. The molecular formula is C28H21ClF3N3O3. The Morgan fingerprint density at radius 2 is 1.76 bits per heavy atom. The number of carbonyl (C=O) groups excluding carboxylic acids is 1. The third-order valence-corrected chi connectivity index (χ3v) is 6.66. The number of methoxy groups -OCH3 is 1. The first-order valence-electron chi connectivity index (χ1n) is 11.5. The molecule has 10 heteroatoms. The summed E-state index contributed by atoms with van der Waals surface area (Å²) < 4.78 is 47.6. The molecule has 0 spiro atoms. The van der Waals surface area contributed by atoms with Crippen LogP contribution in [0.5, 0.6) is 5.75 Å². The first-order valence-corrected chi connectivity index (χ1v) is 11.9. The number of hydrogen-bond acceptors (Lipinski definition) is 3. The molecule has 5 rings (SSSR count). The molecular weight excluding hydrogens is 519 g/mol. The van der Waals surface area contributed by atoms with Gasteiger partial charge in [0.1, 0.15) is 5.75 Å². The molecule has 0 saturated heterocycles. The number of alkyl halides is 3. The standard InChI is InChI=1S/C28H21ClF3N3O3/c1-16-23(13-20-14-26(36)35(33-20)21-5-3-4-18(12-21)28(30,31)32)24-15-22(38-2)10-11-25(24)34(16)27(37)17-6-8-19(29)9-7-17/h3-12,14-15,33H,13H2,1-2H3. The Hall–Kier alpha value is -4.24. The summed E-state index contributed by atoms with van der Waals surface area (Å²) in [6.07, 6.45) is -4.32. The van der Waals surface area contributed by atoms with Crippen LogP contribution >= 0.6 is 11.6 Å². The molecule has 0 radical (unpaired) electrons. The number of aromatic nitrogens is 3. The van der Waals surface area contributed by atoms with Crippen LogP contribution in [0.3, 0.4) is 0 Å². The molecule has 38 heavy (non-hydrogen) atoms. The third kappa shape index (κ3) is 4.61. The van der Waals surface area contributed by atoms with Crippen LogP contribution < -0.4 is 10.3 Å². The van der Waals surface area contributed by atoms with Crippen LogP contribution in [0.4, 0.5) is 13.2 Å². The molecule has 5 aromatic rings. The Kier molecular flexibility index (Phi) is 6.40. The fourth-order valence-electron chi connectivity index (χ4n) is 4.53. The summed E-state index contributed by atoms with van der Waals surface area (Å²) in [6.45, 7) is 1.80. The maximum atomic E-state index is 13.5. The van der Waals surface area contributed by atoms with Crippen LogP contribution in [0, 0.1) is 6.92 Å². The maximum Gasteiger partial charge on any atom is 0.416 e. The van der Waals surface area contributed by atoms with Crippen molar-refractivity contribution in [3.8, 4) is 11.4 Å². The van der Waals surface area contributed by atoms with E-state index in [2.05, 4.69) is 5.10 Å². The molecule has 0 saturated carbocycles. The van der Waals surface area contributed by atoms with E-state index in [-0.39, 0.29) is 18.0 Å². The zero-order valence-electron chi connectivity index (χ0n) is 20.3. The lowest BCUT2D eigenvalue weighted by Crippen LogP contribution is -2.14. The average molecular weight is 540 g/mol. The van der Waals surface area contributed by atoms with E-state index in [4.69, 9.17) is 16.3 Å². The Morgan fingerprint density at radius 3 is 2.45 bits per heavy atom. The Bertz CT molecular complexity index is 1730. The van der Waals surface area contributed by atoms with Gasteiger partial charge in [-0.2, -0.15) is 13.2 Å². The third-order valence-electron chi connectivity index (χ3n) is 6.41. The van der Waals surface area contributed by atoms with Gasteiger partial charge in [0.25, 0.3) is 11.5 Å². The first-order chi connectivity index (χ1) is 18.1. The average Bonchev–Trinajstić information content (AvgIpc) is 3.39. The molecule has 0 amide bonds. The molecule has 6 nitrogen and oxygen atoms in total. The highest BCUT2D eigenvalue weighted by Gasteiger charge is 2.30. The second-order valence-electron chi connectivity index (χ2n) is 8.77. The van der Waals surface area contributed by atoms with Crippen LogP contribution in [0.2, 0.25) is 5.02 Å². The quantitative estimate of drug-likeness (QED) is 0.281. The number of halogens is 4. The molecule has 0 aliphatic rings. The fraction of sp³-hybridized carbons (Fsp3) is 0.143. The summed E-state index contributed by atoms with van der Waals surface area (Å²) >= 11 is 5.99. The molecule has 1 N–H and O–H groups in total. The number of rotatable bonds is 5. The van der Waals surface area contributed by atoms with Crippen molar-refractivity contribution in [2.75, 3.05) is 7.11 Å². The van der Waals surface area contributed by atoms with Crippen LogP contribution in [0.1, 0.15) is 32.9 Å². The fourth-order valence-corrected chi connectivity index (χ4v) is 4.66. The Morgan fingerprint density at radius 1 is 1.03 bits per heavy atom. The number of hydrogen-bond donors (Lipinski definition) is 1. The van der Waals surface area contributed by atoms with Crippen molar-refractivity contribution in [2.45, 2.75) is 19.5 Å². The lowest BCUT2D eigenvalue weighted by atomic mass is 10.1. The summed E-state index contributed by atoms with van der Waals surface area (Å²) in [5.74, 6) is 0.334. The second kappa shape index (κ2) is 9.57. The lowest BCUT2D eigenvalue weighted by molar-refractivity contribution is -0.137. The first kappa shape index (κ1) is 25.4. The molecule has 0 unspecified atom stereocenters. The van der Waals surface area contributed by atoms with Gasteiger partial charge < -0.3 is 4.74 Å². The highest BCUT2D eigenvalue weighted by molar-refractivity contribution is 6.30. The minimum Gasteiger partial charge on any atom is -0.497 e. The van der Waals surface area contributed by atoms with Crippen molar-refractivity contribution >= 4 is 28.4 Å². The van der Waals surface area contributed by atoms with Gasteiger partial charge in [0.15, 0.2) is 0 Å². The lowest BCUT2D eigenvalue weighted by Gasteiger charge is -2.09. The van der Waals surface area contributed by atoms with Crippen LogP contribution in [-0.4, -0.2) is 27.4 Å². The monoisotopic (exact) mass is 539 g/mol. The van der Waals surface area contributed by atoms with Crippen molar-refractivity contribution in [2.24, 2.45) is 0 Å². The second-order valence-corrected chi connectivity index (χ2v) is 9.21. The van der Waals surface area contributed by atoms with Gasteiger partial charge >= 0.3 is 6.18 Å². The Labute approximate surface area is 219 Å². The SMILES string of the molecule is COc1ccc2c(c1)c(Cc1cc(=O)n(-c3cccc(C(F)(F)F)c3)[nH]1)c(C)n2C(=O)c1ccc(Cl)cc1. The summed E-state index contributed by atoms with van der Waals surface area (Å²) in [5, 5.41) is 4.18. The van der Waals surface area contributed by atoms with E-state index in [0.717, 1.165) is 27.8 Å². The summed E-state index contributed by atoms with van der Waals surface area (Å²) in [5.41, 5.74) is 1.68. The van der Waals surface area contributed by atoms with Gasteiger partial charge in [-0.1, -0.05) is 17.7 Å². The highest BCUT2D eigenvalue weighted by atomic mass is 35.5. The summed E-state index contributed by atoms with van der Waals surface area (Å²) in [6, 6.07) is 17.8. The van der Waals surface area contributed by atoms with E-state index >= 15 is 0 Å². The van der Waals surface area contributed by atoms with E-state index in [1.54, 1.807) is 47.9 Å². The van der Waals surface area contributed by atoms with Crippen molar-refractivity contribution in [3.63, 3.8) is 0 Å². The van der Waals surface area contributed by atoms with Crippen molar-refractivity contribution in [1.29, 1.82) is 0 Å². The molecule has 0 bridgehead atoms. The van der Waals surface area contributed by atoms with Gasteiger partial charge in [-0.15, -0.1) is 0 Å². The van der Waals surface area contributed by atoms with Crippen molar-refractivity contribution < 1.29 is 22.7 Å². The van der Waals surface area contributed by atoms with Crippen LogP contribution in [-0.2, 0) is 12.6 Å². The van der Waals surface area contributed by atoms with E-state index in [1.165, 1.54) is 25.3 Å². The van der Waals surface area contributed by atoms with Crippen molar-refractivity contribution in [1.82, 2.24) is 14.3 Å². The normalized spacial score (nSPS) is 11.7. The largest absolute Gasteiger partial charge is 0.497 e. The van der Waals surface area contributed by atoms with E-state index in [9.17, 15) is 22.8 Å². The molecule has 0 atom stereocenters. The number of ether oxygens (including phenoxy) is 1. The maximum absolute atomic E-state index is 13.5. The van der Waals surface area contributed by atoms with Gasteiger partial charge in [0, 0.05) is 39.8 Å². The Balaban J connectivity index is 1.59. The van der Waals surface area contributed by atoms with Crippen molar-refractivity contribution in [3.05, 3.63) is 116 Å². The minimum atomic E-state index is -4.54. The van der Waals surface area contributed by atoms with E-state index in [0.29, 0.717) is 33.2 Å².